The molecule has 28 heavy (non-hydrogen) atoms. The van der Waals surface area contributed by atoms with Gasteiger partial charge >= 0.3 is 0 Å². The zero-order valence-electron chi connectivity index (χ0n) is 16.1. The molecule has 1 N–H and O–H groups in total. The maximum Gasteiger partial charge on any atom is 0.223 e. The lowest BCUT2D eigenvalue weighted by atomic mass is 9.96. The molecular formula is C19H28N6O2S. The van der Waals surface area contributed by atoms with Crippen LogP contribution in [-0.4, -0.2) is 78.1 Å². The van der Waals surface area contributed by atoms with Gasteiger partial charge in [-0.05, 0) is 37.9 Å². The predicted octanol–water partition coefficient (Wildman–Crippen LogP) is 1.38. The summed E-state index contributed by atoms with van der Waals surface area (Å²) < 4.78 is 7.33. The molecule has 8 nitrogen and oxygen atoms in total. The van der Waals surface area contributed by atoms with Crippen molar-refractivity contribution in [3.63, 3.8) is 0 Å². The first-order chi connectivity index (χ1) is 13.8. The summed E-state index contributed by atoms with van der Waals surface area (Å²) in [5.41, 5.74) is 0. The van der Waals surface area contributed by atoms with Crippen molar-refractivity contribution in [2.75, 3.05) is 57.4 Å². The number of morpholine rings is 1. The van der Waals surface area contributed by atoms with Crippen molar-refractivity contribution in [1.29, 1.82) is 0 Å². The van der Waals surface area contributed by atoms with E-state index in [4.69, 9.17) is 4.74 Å². The highest BCUT2D eigenvalue weighted by Gasteiger charge is 2.26. The quantitative estimate of drug-likeness (QED) is 0.703. The van der Waals surface area contributed by atoms with Crippen LogP contribution in [0.2, 0.25) is 0 Å². The van der Waals surface area contributed by atoms with Crippen LogP contribution in [0.15, 0.2) is 24.5 Å². The van der Waals surface area contributed by atoms with Gasteiger partial charge in [0.15, 0.2) is 0 Å². The fourth-order valence-corrected chi connectivity index (χ4v) is 4.58. The maximum absolute atomic E-state index is 12.5. The average Bonchev–Trinajstić information content (AvgIpc) is 3.44. The number of rotatable bonds is 7. The van der Waals surface area contributed by atoms with Crippen LogP contribution in [0.1, 0.15) is 19.3 Å². The molecule has 2 aromatic heterocycles. The molecule has 0 atom stereocenters. The van der Waals surface area contributed by atoms with E-state index >= 15 is 0 Å². The van der Waals surface area contributed by atoms with Crippen LogP contribution in [-0.2, 0) is 9.53 Å². The number of carbonyl (C=O) groups excluding carboxylic acids is 1. The molecule has 0 aromatic carbocycles. The lowest BCUT2D eigenvalue weighted by Crippen LogP contribution is -2.42. The molecule has 4 heterocycles. The van der Waals surface area contributed by atoms with Crippen LogP contribution in [0, 0.1) is 5.92 Å². The molecule has 2 aromatic rings. The lowest BCUT2D eigenvalue weighted by Gasteiger charge is -2.30. The maximum atomic E-state index is 12.5. The first kappa shape index (κ1) is 19.4. The zero-order chi connectivity index (χ0) is 19.2. The summed E-state index contributed by atoms with van der Waals surface area (Å²) in [5.74, 6) is 0.309. The van der Waals surface area contributed by atoms with Gasteiger partial charge in [0.2, 0.25) is 16.2 Å². The van der Waals surface area contributed by atoms with Gasteiger partial charge in [0.25, 0.3) is 0 Å². The summed E-state index contributed by atoms with van der Waals surface area (Å²) in [6, 6.07) is 3.96. The van der Waals surface area contributed by atoms with Crippen molar-refractivity contribution in [1.82, 2.24) is 25.0 Å². The van der Waals surface area contributed by atoms with Gasteiger partial charge in [-0.3, -0.25) is 14.3 Å². The molecule has 2 saturated heterocycles. The smallest absolute Gasteiger partial charge is 0.223 e. The Labute approximate surface area is 169 Å². The Kier molecular flexibility index (Phi) is 6.56. The van der Waals surface area contributed by atoms with E-state index in [2.05, 4.69) is 25.3 Å². The van der Waals surface area contributed by atoms with Crippen molar-refractivity contribution in [2.45, 2.75) is 19.3 Å². The largest absolute Gasteiger partial charge is 0.379 e. The molecule has 2 fully saturated rings. The molecule has 152 valence electrons. The van der Waals surface area contributed by atoms with Gasteiger partial charge in [-0.2, -0.15) is 0 Å². The summed E-state index contributed by atoms with van der Waals surface area (Å²) in [6.07, 6.45) is 6.68. The normalized spacial score (nSPS) is 19.1. The second-order valence-corrected chi connectivity index (χ2v) is 8.25. The Balaban J connectivity index is 1.17. The van der Waals surface area contributed by atoms with Gasteiger partial charge in [-0.25, -0.2) is 0 Å². The number of aromatic nitrogens is 3. The third-order valence-electron chi connectivity index (χ3n) is 5.42. The molecular weight excluding hydrogens is 376 g/mol. The Morgan fingerprint density at radius 1 is 1.11 bits per heavy atom. The minimum Gasteiger partial charge on any atom is -0.379 e. The average molecular weight is 405 g/mol. The second kappa shape index (κ2) is 9.49. The fraction of sp³-hybridized carbons (Fsp3) is 0.632. The summed E-state index contributed by atoms with van der Waals surface area (Å²) in [4.78, 5) is 17.1. The van der Waals surface area contributed by atoms with Crippen molar-refractivity contribution in [3.8, 4) is 5.13 Å². The number of hydrogen-bond acceptors (Lipinski definition) is 7. The second-order valence-electron chi connectivity index (χ2n) is 7.32. The van der Waals surface area contributed by atoms with Gasteiger partial charge in [0.1, 0.15) is 0 Å². The van der Waals surface area contributed by atoms with E-state index in [1.807, 2.05) is 29.1 Å². The van der Waals surface area contributed by atoms with Gasteiger partial charge in [0, 0.05) is 51.0 Å². The summed E-state index contributed by atoms with van der Waals surface area (Å²) in [5, 5.41) is 13.5. The SMILES string of the molecule is O=C(NCCCN1CCOCC1)C1CCN(c2nnc(-n3cccc3)s2)CC1. The molecule has 0 saturated carbocycles. The Morgan fingerprint density at radius 3 is 2.57 bits per heavy atom. The van der Waals surface area contributed by atoms with Crippen LogP contribution < -0.4 is 10.2 Å². The topological polar surface area (TPSA) is 75.5 Å². The molecule has 0 radical (unpaired) electrons. The molecule has 4 rings (SSSR count). The molecule has 0 spiro atoms. The Bertz CT molecular complexity index is 735. The van der Waals surface area contributed by atoms with Crippen molar-refractivity contribution in [3.05, 3.63) is 24.5 Å². The van der Waals surface area contributed by atoms with Crippen LogP contribution >= 0.6 is 11.3 Å². The van der Waals surface area contributed by atoms with Gasteiger partial charge in [-0.1, -0.05) is 11.3 Å². The number of hydrogen-bond donors (Lipinski definition) is 1. The Hall–Kier alpha value is -1.97. The van der Waals surface area contributed by atoms with E-state index in [-0.39, 0.29) is 11.8 Å². The van der Waals surface area contributed by atoms with E-state index in [9.17, 15) is 4.79 Å². The molecule has 0 bridgehead atoms. The third-order valence-corrected chi connectivity index (χ3v) is 6.42. The zero-order valence-corrected chi connectivity index (χ0v) is 16.9. The van der Waals surface area contributed by atoms with E-state index in [0.29, 0.717) is 0 Å². The number of anilines is 1. The van der Waals surface area contributed by atoms with E-state index in [1.165, 1.54) is 0 Å². The first-order valence-electron chi connectivity index (χ1n) is 10.1. The summed E-state index contributed by atoms with van der Waals surface area (Å²) in [7, 11) is 0. The highest BCUT2D eigenvalue weighted by atomic mass is 32.1. The van der Waals surface area contributed by atoms with Gasteiger partial charge in [0.05, 0.1) is 13.2 Å². The number of ether oxygens (including phenoxy) is 1. The monoisotopic (exact) mass is 404 g/mol. The van der Waals surface area contributed by atoms with Crippen molar-refractivity contribution < 1.29 is 9.53 Å². The number of nitrogens with zero attached hydrogens (tertiary/aromatic N) is 5. The molecule has 1 amide bonds. The summed E-state index contributed by atoms with van der Waals surface area (Å²) >= 11 is 1.59. The van der Waals surface area contributed by atoms with Crippen molar-refractivity contribution in [2.24, 2.45) is 5.92 Å². The van der Waals surface area contributed by atoms with Crippen LogP contribution in [0.4, 0.5) is 5.13 Å². The van der Waals surface area contributed by atoms with Crippen molar-refractivity contribution >= 4 is 22.4 Å². The number of carbonyl (C=O) groups is 1. The molecule has 9 heteroatoms. The first-order valence-corrected chi connectivity index (χ1v) is 10.9. The minimum absolute atomic E-state index is 0.108. The van der Waals surface area contributed by atoms with Gasteiger partial charge in [-0.15, -0.1) is 10.2 Å². The number of piperidine rings is 1. The molecule has 2 aliphatic rings. The van der Waals surface area contributed by atoms with Crippen LogP contribution in [0.5, 0.6) is 0 Å². The highest BCUT2D eigenvalue weighted by molar-refractivity contribution is 7.17. The number of nitrogens with one attached hydrogen (secondary N) is 1. The number of amides is 1. The Morgan fingerprint density at radius 2 is 1.82 bits per heavy atom. The predicted molar refractivity (Wildman–Crippen MR) is 109 cm³/mol. The van der Waals surface area contributed by atoms with E-state index in [1.54, 1.807) is 11.3 Å². The standard InChI is InChI=1S/C19H28N6O2S/c26-17(20-6-3-7-23-12-14-27-15-13-23)16-4-10-25(11-5-16)19-22-21-18(28-19)24-8-1-2-9-24/h1-2,8-9,16H,3-7,10-15H2,(H,20,26). The third kappa shape index (κ3) is 4.89. The van der Waals surface area contributed by atoms with E-state index < -0.39 is 0 Å². The van der Waals surface area contributed by atoms with Crippen LogP contribution in [0.3, 0.4) is 0 Å². The van der Waals surface area contributed by atoms with E-state index in [0.717, 1.165) is 82.0 Å². The highest BCUT2D eigenvalue weighted by Crippen LogP contribution is 2.27. The van der Waals surface area contributed by atoms with Crippen LogP contribution in [0.25, 0.3) is 5.13 Å². The summed E-state index contributed by atoms with van der Waals surface area (Å²) in [6.45, 7) is 7.15. The van der Waals surface area contributed by atoms with Gasteiger partial charge < -0.3 is 15.0 Å². The molecule has 2 aliphatic heterocycles. The molecule has 0 aliphatic carbocycles. The minimum atomic E-state index is 0.108. The fourth-order valence-electron chi connectivity index (χ4n) is 3.72. The lowest BCUT2D eigenvalue weighted by molar-refractivity contribution is -0.125. The molecule has 0 unspecified atom stereocenters.